The summed E-state index contributed by atoms with van der Waals surface area (Å²) in [5.74, 6) is 2.12. The van der Waals surface area contributed by atoms with Crippen molar-refractivity contribution >= 4 is 5.82 Å². The van der Waals surface area contributed by atoms with Gasteiger partial charge in [-0.3, -0.25) is 0 Å². The van der Waals surface area contributed by atoms with E-state index < -0.39 is 0 Å². The highest BCUT2D eigenvalue weighted by atomic mass is 15.0. The third kappa shape index (κ3) is 2.83. The summed E-state index contributed by atoms with van der Waals surface area (Å²) >= 11 is 0. The summed E-state index contributed by atoms with van der Waals surface area (Å²) in [4.78, 5) is 8.77. The molecule has 0 spiro atoms. The molecule has 14 heavy (non-hydrogen) atoms. The second-order valence-corrected chi connectivity index (χ2v) is 3.58. The lowest BCUT2D eigenvalue weighted by molar-refractivity contribution is 0.767. The smallest absolute Gasteiger partial charge is 0.133 e. The highest BCUT2D eigenvalue weighted by Crippen LogP contribution is 2.13. The zero-order valence-electron chi connectivity index (χ0n) is 9.04. The fourth-order valence-electron chi connectivity index (χ4n) is 1.12. The molecule has 1 aromatic rings. The molecule has 0 aliphatic heterocycles. The van der Waals surface area contributed by atoms with Crippen molar-refractivity contribution in [2.75, 3.05) is 11.9 Å². The van der Waals surface area contributed by atoms with Crippen molar-refractivity contribution in [1.82, 2.24) is 9.97 Å². The minimum absolute atomic E-state index is 0.360. The fourth-order valence-corrected chi connectivity index (χ4v) is 1.12. The zero-order chi connectivity index (χ0) is 10.6. The SMILES string of the molecule is C=CCNc1cc(C)nc(C(C)C)n1. The third-order valence-electron chi connectivity index (χ3n) is 1.82. The first-order chi connectivity index (χ1) is 6.63. The molecule has 76 valence electrons. The first kappa shape index (κ1) is 10.7. The van der Waals surface area contributed by atoms with Crippen LogP contribution in [0.4, 0.5) is 5.82 Å². The van der Waals surface area contributed by atoms with Crippen molar-refractivity contribution in [1.29, 1.82) is 0 Å². The van der Waals surface area contributed by atoms with Crippen molar-refractivity contribution in [3.8, 4) is 0 Å². The number of anilines is 1. The van der Waals surface area contributed by atoms with E-state index in [4.69, 9.17) is 0 Å². The highest BCUT2D eigenvalue weighted by molar-refractivity contribution is 5.36. The number of hydrogen-bond acceptors (Lipinski definition) is 3. The Morgan fingerprint density at radius 3 is 2.79 bits per heavy atom. The van der Waals surface area contributed by atoms with Gasteiger partial charge in [-0.25, -0.2) is 9.97 Å². The van der Waals surface area contributed by atoms with Gasteiger partial charge in [0, 0.05) is 24.2 Å². The van der Waals surface area contributed by atoms with Crippen LogP contribution in [-0.4, -0.2) is 16.5 Å². The van der Waals surface area contributed by atoms with E-state index in [1.165, 1.54) is 0 Å². The number of aryl methyl sites for hydroxylation is 1. The Morgan fingerprint density at radius 1 is 1.50 bits per heavy atom. The molecule has 3 nitrogen and oxygen atoms in total. The monoisotopic (exact) mass is 191 g/mol. The first-order valence-electron chi connectivity index (χ1n) is 4.84. The molecule has 0 saturated heterocycles. The molecule has 0 aromatic carbocycles. The Kier molecular flexibility index (Phi) is 3.63. The van der Waals surface area contributed by atoms with Gasteiger partial charge >= 0.3 is 0 Å². The van der Waals surface area contributed by atoms with Gasteiger partial charge in [0.1, 0.15) is 11.6 Å². The number of rotatable bonds is 4. The molecule has 0 fully saturated rings. The molecule has 1 heterocycles. The molecule has 0 radical (unpaired) electrons. The minimum atomic E-state index is 0.360. The average Bonchev–Trinajstić information content (AvgIpc) is 2.14. The van der Waals surface area contributed by atoms with Gasteiger partial charge in [-0.15, -0.1) is 6.58 Å². The maximum atomic E-state index is 4.40. The molecule has 0 unspecified atom stereocenters. The Hall–Kier alpha value is -1.38. The Labute approximate surface area is 85.3 Å². The quantitative estimate of drug-likeness (QED) is 0.743. The van der Waals surface area contributed by atoms with Crippen LogP contribution in [0.15, 0.2) is 18.7 Å². The van der Waals surface area contributed by atoms with E-state index >= 15 is 0 Å². The predicted octanol–water partition coefficient (Wildman–Crippen LogP) is 2.51. The summed E-state index contributed by atoms with van der Waals surface area (Å²) in [5, 5.41) is 3.16. The maximum Gasteiger partial charge on any atom is 0.133 e. The van der Waals surface area contributed by atoms with E-state index in [1.54, 1.807) is 0 Å². The molecule has 0 aliphatic carbocycles. The molecule has 0 saturated carbocycles. The number of nitrogens with zero attached hydrogens (tertiary/aromatic N) is 2. The van der Waals surface area contributed by atoms with Crippen molar-refractivity contribution in [2.24, 2.45) is 0 Å². The number of aromatic nitrogens is 2. The number of hydrogen-bond donors (Lipinski definition) is 1. The average molecular weight is 191 g/mol. The fraction of sp³-hybridized carbons (Fsp3) is 0.455. The molecule has 0 amide bonds. The van der Waals surface area contributed by atoms with E-state index in [0.717, 1.165) is 23.9 Å². The van der Waals surface area contributed by atoms with E-state index in [0.29, 0.717) is 5.92 Å². The molecule has 0 atom stereocenters. The highest BCUT2D eigenvalue weighted by Gasteiger charge is 2.04. The second kappa shape index (κ2) is 4.74. The van der Waals surface area contributed by atoms with Crippen molar-refractivity contribution in [3.05, 3.63) is 30.2 Å². The standard InChI is InChI=1S/C11H17N3/c1-5-6-12-10-7-9(4)13-11(14-10)8(2)3/h5,7-8H,1,6H2,2-4H3,(H,12,13,14). The van der Waals surface area contributed by atoms with E-state index in [2.05, 4.69) is 35.7 Å². The van der Waals surface area contributed by atoms with Crippen molar-refractivity contribution in [2.45, 2.75) is 26.7 Å². The van der Waals surface area contributed by atoms with E-state index in [9.17, 15) is 0 Å². The van der Waals surface area contributed by atoms with E-state index in [-0.39, 0.29) is 0 Å². The van der Waals surface area contributed by atoms with Gasteiger partial charge in [0.2, 0.25) is 0 Å². The lowest BCUT2D eigenvalue weighted by Crippen LogP contribution is -2.06. The number of nitrogens with one attached hydrogen (secondary N) is 1. The summed E-state index contributed by atoms with van der Waals surface area (Å²) in [5.41, 5.74) is 0.996. The molecule has 1 aromatic heterocycles. The van der Waals surface area contributed by atoms with Crippen LogP contribution in [-0.2, 0) is 0 Å². The van der Waals surface area contributed by atoms with Crippen LogP contribution >= 0.6 is 0 Å². The molecule has 3 heteroatoms. The second-order valence-electron chi connectivity index (χ2n) is 3.58. The van der Waals surface area contributed by atoms with Crippen LogP contribution in [0, 0.1) is 6.92 Å². The molecular weight excluding hydrogens is 174 g/mol. The van der Waals surface area contributed by atoms with Crippen molar-refractivity contribution < 1.29 is 0 Å². The van der Waals surface area contributed by atoms with Gasteiger partial charge < -0.3 is 5.32 Å². The van der Waals surface area contributed by atoms with Crippen LogP contribution in [0.3, 0.4) is 0 Å². The molecule has 0 bridgehead atoms. The van der Waals surface area contributed by atoms with Crippen LogP contribution in [0.25, 0.3) is 0 Å². The predicted molar refractivity (Wildman–Crippen MR) is 59.5 cm³/mol. The van der Waals surface area contributed by atoms with Gasteiger partial charge in [-0.2, -0.15) is 0 Å². The normalized spacial score (nSPS) is 10.3. The summed E-state index contributed by atoms with van der Waals surface area (Å²) in [6.07, 6.45) is 1.81. The summed E-state index contributed by atoms with van der Waals surface area (Å²) in [6, 6.07) is 1.94. The Bertz CT molecular complexity index is 318. The largest absolute Gasteiger partial charge is 0.366 e. The third-order valence-corrected chi connectivity index (χ3v) is 1.82. The van der Waals surface area contributed by atoms with Gasteiger partial charge in [0.15, 0.2) is 0 Å². The maximum absolute atomic E-state index is 4.40. The summed E-state index contributed by atoms with van der Waals surface area (Å²) in [6.45, 7) is 10.5. The van der Waals surface area contributed by atoms with E-state index in [1.807, 2.05) is 19.1 Å². The first-order valence-corrected chi connectivity index (χ1v) is 4.84. The molecule has 1 rings (SSSR count). The Morgan fingerprint density at radius 2 is 2.21 bits per heavy atom. The van der Waals surface area contributed by atoms with Gasteiger partial charge in [-0.1, -0.05) is 19.9 Å². The summed E-state index contributed by atoms with van der Waals surface area (Å²) in [7, 11) is 0. The minimum Gasteiger partial charge on any atom is -0.366 e. The van der Waals surface area contributed by atoms with Crippen LogP contribution < -0.4 is 5.32 Å². The lowest BCUT2D eigenvalue weighted by Gasteiger charge is -2.08. The van der Waals surface area contributed by atoms with Gasteiger partial charge in [0.05, 0.1) is 0 Å². The van der Waals surface area contributed by atoms with Crippen LogP contribution in [0.1, 0.15) is 31.3 Å². The zero-order valence-corrected chi connectivity index (χ0v) is 9.04. The molecular formula is C11H17N3. The Balaban J connectivity index is 2.89. The van der Waals surface area contributed by atoms with Gasteiger partial charge in [-0.05, 0) is 6.92 Å². The van der Waals surface area contributed by atoms with Crippen LogP contribution in [0.2, 0.25) is 0 Å². The topological polar surface area (TPSA) is 37.8 Å². The van der Waals surface area contributed by atoms with Crippen LogP contribution in [0.5, 0.6) is 0 Å². The summed E-state index contributed by atoms with van der Waals surface area (Å²) < 4.78 is 0. The van der Waals surface area contributed by atoms with Gasteiger partial charge in [0.25, 0.3) is 0 Å². The molecule has 1 N–H and O–H groups in total. The lowest BCUT2D eigenvalue weighted by atomic mass is 10.2. The molecule has 0 aliphatic rings. The van der Waals surface area contributed by atoms with Crippen molar-refractivity contribution in [3.63, 3.8) is 0 Å².